The van der Waals surface area contributed by atoms with Crippen LogP contribution in [0, 0.1) is 0 Å². The van der Waals surface area contributed by atoms with Crippen LogP contribution in [0.25, 0.3) is 44.8 Å². The van der Waals surface area contributed by atoms with E-state index in [9.17, 15) is 9.59 Å². The average Bonchev–Trinajstić information content (AvgIpc) is 4.12. The third kappa shape index (κ3) is 12.2. The zero-order chi connectivity index (χ0) is 47.7. The third-order valence-corrected chi connectivity index (χ3v) is 11.7. The van der Waals surface area contributed by atoms with Crippen molar-refractivity contribution in [3.63, 3.8) is 0 Å². The molecule has 344 valence electrons. The van der Waals surface area contributed by atoms with E-state index in [4.69, 9.17) is 0 Å². The van der Waals surface area contributed by atoms with Crippen LogP contribution in [-0.4, -0.2) is 58.3 Å². The molecule has 0 aliphatic rings. The fraction of sp³-hybridized carbons (Fsp3) is 0.103. The van der Waals surface area contributed by atoms with Gasteiger partial charge in [-0.05, 0) is 93.7 Å². The maximum Gasteiger partial charge on any atom is 0.252 e. The maximum absolute atomic E-state index is 12.9. The van der Waals surface area contributed by atoms with Crippen LogP contribution in [0.4, 0.5) is 0 Å². The number of pyridine rings is 2. The van der Waals surface area contributed by atoms with Gasteiger partial charge in [-0.2, -0.15) is 0 Å². The molecule has 0 aliphatic heterocycles. The SMILES string of the molecule is O=C(NCCc1ccc(Cn2cc(-c3cccnc3)nn2)cc1)c1ccccc1-c1ccccc1.O=C(NCc1ccc(CCn2cc(-c3cccnc3)nn2)cc1)c1ccccc1-c1ccccc1. The first-order chi connectivity index (χ1) is 34.5. The summed E-state index contributed by atoms with van der Waals surface area (Å²) in [5, 5.41) is 23.0. The molecule has 0 aliphatic carbocycles. The van der Waals surface area contributed by atoms with Crippen LogP contribution in [0.3, 0.4) is 0 Å². The summed E-state index contributed by atoms with van der Waals surface area (Å²) in [5.74, 6) is -0.138. The summed E-state index contributed by atoms with van der Waals surface area (Å²) >= 11 is 0. The van der Waals surface area contributed by atoms with Crippen LogP contribution in [0.2, 0.25) is 0 Å². The summed E-state index contributed by atoms with van der Waals surface area (Å²) in [6.45, 7) is 2.42. The van der Waals surface area contributed by atoms with Crippen LogP contribution in [0.5, 0.6) is 0 Å². The van der Waals surface area contributed by atoms with Crippen molar-refractivity contribution in [2.24, 2.45) is 0 Å². The first-order valence-electron chi connectivity index (χ1n) is 23.1. The van der Waals surface area contributed by atoms with Crippen LogP contribution in [0.15, 0.2) is 219 Å². The first kappa shape index (κ1) is 46.0. The predicted molar refractivity (Wildman–Crippen MR) is 273 cm³/mol. The highest BCUT2D eigenvalue weighted by atomic mass is 16.2. The van der Waals surface area contributed by atoms with Crippen molar-refractivity contribution in [3.8, 4) is 44.8 Å². The summed E-state index contributed by atoms with van der Waals surface area (Å²) in [5.41, 5.74) is 13.4. The van der Waals surface area contributed by atoms with Crippen molar-refractivity contribution >= 4 is 11.8 Å². The number of aromatic nitrogens is 8. The molecule has 0 radical (unpaired) electrons. The Morgan fingerprint density at radius 2 is 0.886 bits per heavy atom. The molecule has 0 atom stereocenters. The van der Waals surface area contributed by atoms with Gasteiger partial charge in [0.1, 0.15) is 11.4 Å². The Bertz CT molecular complexity index is 3230. The Morgan fingerprint density at radius 3 is 1.44 bits per heavy atom. The van der Waals surface area contributed by atoms with E-state index in [-0.39, 0.29) is 11.8 Å². The molecule has 0 fully saturated rings. The number of carbonyl (C=O) groups excluding carboxylic acids is 2. The van der Waals surface area contributed by atoms with Gasteiger partial charge >= 0.3 is 0 Å². The largest absolute Gasteiger partial charge is 0.352 e. The van der Waals surface area contributed by atoms with Crippen LogP contribution < -0.4 is 10.6 Å². The van der Waals surface area contributed by atoms with Gasteiger partial charge in [0.25, 0.3) is 11.8 Å². The molecule has 12 heteroatoms. The molecule has 70 heavy (non-hydrogen) atoms. The normalized spacial score (nSPS) is 10.7. The minimum Gasteiger partial charge on any atom is -0.352 e. The van der Waals surface area contributed by atoms with Crippen molar-refractivity contribution in [1.29, 1.82) is 0 Å². The van der Waals surface area contributed by atoms with Gasteiger partial charge in [-0.1, -0.05) is 156 Å². The van der Waals surface area contributed by atoms with Crippen molar-refractivity contribution in [1.82, 2.24) is 50.6 Å². The summed E-state index contributed by atoms with van der Waals surface area (Å²) in [4.78, 5) is 34.0. The van der Waals surface area contributed by atoms with Crippen molar-refractivity contribution in [2.75, 3.05) is 6.54 Å². The third-order valence-electron chi connectivity index (χ3n) is 11.7. The highest BCUT2D eigenvalue weighted by Crippen LogP contribution is 2.25. The van der Waals surface area contributed by atoms with E-state index in [1.807, 2.05) is 155 Å². The van der Waals surface area contributed by atoms with Gasteiger partial charge in [0.05, 0.1) is 18.9 Å². The number of benzene rings is 6. The molecule has 10 rings (SSSR count). The van der Waals surface area contributed by atoms with E-state index >= 15 is 0 Å². The van der Waals surface area contributed by atoms with Gasteiger partial charge < -0.3 is 10.6 Å². The van der Waals surface area contributed by atoms with Gasteiger partial charge in [-0.3, -0.25) is 24.2 Å². The molecule has 2 N–H and O–H groups in total. The second-order valence-corrected chi connectivity index (χ2v) is 16.5. The summed E-state index contributed by atoms with van der Waals surface area (Å²) in [6.07, 6.45) is 12.5. The summed E-state index contributed by atoms with van der Waals surface area (Å²) in [6, 6.07) is 59.7. The van der Waals surface area contributed by atoms with Gasteiger partial charge in [-0.25, -0.2) is 4.68 Å². The lowest BCUT2D eigenvalue weighted by molar-refractivity contribution is 0.0945. The number of hydrogen-bond donors (Lipinski definition) is 2. The number of amides is 2. The Morgan fingerprint density at radius 1 is 0.429 bits per heavy atom. The first-order valence-corrected chi connectivity index (χ1v) is 23.1. The lowest BCUT2D eigenvalue weighted by atomic mass is 9.99. The zero-order valence-electron chi connectivity index (χ0n) is 38.4. The molecule has 6 aromatic carbocycles. The summed E-state index contributed by atoms with van der Waals surface area (Å²) in [7, 11) is 0. The molecule has 0 bridgehead atoms. The number of nitrogens with one attached hydrogen (secondary N) is 2. The number of rotatable bonds is 16. The molecule has 0 saturated carbocycles. The molecule has 4 heterocycles. The van der Waals surface area contributed by atoms with E-state index in [1.54, 1.807) is 24.8 Å². The smallest absolute Gasteiger partial charge is 0.252 e. The number of hydrogen-bond acceptors (Lipinski definition) is 8. The number of aryl methyl sites for hydroxylation is 2. The monoisotopic (exact) mass is 918 g/mol. The van der Waals surface area contributed by atoms with Crippen molar-refractivity contribution < 1.29 is 9.59 Å². The molecular formula is C58H50N10O2. The topological polar surface area (TPSA) is 145 Å². The minimum atomic E-state index is -0.0795. The molecular weight excluding hydrogens is 869 g/mol. The fourth-order valence-electron chi connectivity index (χ4n) is 7.94. The van der Waals surface area contributed by atoms with Gasteiger partial charge in [0.2, 0.25) is 0 Å². The van der Waals surface area contributed by atoms with Crippen molar-refractivity contribution in [3.05, 3.63) is 253 Å². The highest BCUT2D eigenvalue weighted by molar-refractivity contribution is 6.01. The van der Waals surface area contributed by atoms with Crippen LogP contribution in [-0.2, 0) is 32.5 Å². The standard InChI is InChI=1S/2C29H25N5O/c35-29(27-11-5-4-10-26(27)24-7-2-1-3-8-24)31-18-16-22-12-14-23(15-13-22)20-34-21-28(32-33-34)25-9-6-17-30-19-25;35-29(27-11-5-4-10-26(27)24-7-2-1-3-8-24)31-19-23-14-12-22(13-15-23)16-18-34-21-28(32-33-34)25-9-6-17-30-20-25/h1-15,17,19,21H,16,18,20H2,(H,31,35);1-15,17,20-21H,16,18-19H2,(H,31,35). The molecule has 10 aromatic rings. The van der Waals surface area contributed by atoms with E-state index in [0.29, 0.717) is 30.8 Å². The number of nitrogens with zero attached hydrogens (tertiary/aromatic N) is 8. The molecule has 4 aromatic heterocycles. The Labute approximate surface area is 406 Å². The van der Waals surface area contributed by atoms with E-state index < -0.39 is 0 Å². The van der Waals surface area contributed by atoms with E-state index in [1.165, 1.54) is 11.1 Å². The lowest BCUT2D eigenvalue weighted by Crippen LogP contribution is -2.26. The number of carbonyl (C=O) groups is 2. The minimum absolute atomic E-state index is 0.0586. The van der Waals surface area contributed by atoms with Crippen LogP contribution >= 0.6 is 0 Å². The highest BCUT2D eigenvalue weighted by Gasteiger charge is 2.14. The quantitative estimate of drug-likeness (QED) is 0.0975. The molecule has 0 spiro atoms. The summed E-state index contributed by atoms with van der Waals surface area (Å²) < 4.78 is 3.67. The molecule has 0 saturated heterocycles. The zero-order valence-corrected chi connectivity index (χ0v) is 38.4. The molecule has 2 amide bonds. The Kier molecular flexibility index (Phi) is 15.1. The lowest BCUT2D eigenvalue weighted by Gasteiger charge is -2.11. The van der Waals surface area contributed by atoms with Gasteiger partial charge in [0, 0.05) is 66.7 Å². The molecule has 0 unspecified atom stereocenters. The Balaban J connectivity index is 0.000000174. The average molecular weight is 919 g/mol. The van der Waals surface area contributed by atoms with E-state index in [2.05, 4.69) is 89.8 Å². The Hall–Kier alpha value is -9.16. The van der Waals surface area contributed by atoms with Crippen molar-refractivity contribution in [2.45, 2.75) is 32.5 Å². The molecule has 12 nitrogen and oxygen atoms in total. The second kappa shape index (κ2) is 23.0. The van der Waals surface area contributed by atoms with Crippen LogP contribution in [0.1, 0.15) is 43.0 Å². The maximum atomic E-state index is 12.9. The van der Waals surface area contributed by atoms with E-state index in [0.717, 1.165) is 75.3 Å². The predicted octanol–water partition coefficient (Wildman–Crippen LogP) is 10.2. The van der Waals surface area contributed by atoms with Gasteiger partial charge in [0.15, 0.2) is 0 Å². The van der Waals surface area contributed by atoms with Gasteiger partial charge in [-0.15, -0.1) is 10.2 Å². The fourth-order valence-corrected chi connectivity index (χ4v) is 7.94. The second-order valence-electron chi connectivity index (χ2n) is 16.5.